The van der Waals surface area contributed by atoms with Crippen LogP contribution in [-0.2, 0) is 0 Å². The van der Waals surface area contributed by atoms with Crippen LogP contribution in [0.2, 0.25) is 0 Å². The van der Waals surface area contributed by atoms with Crippen LogP contribution < -0.4 is 10.6 Å². The van der Waals surface area contributed by atoms with Crippen LogP contribution in [-0.4, -0.2) is 52.0 Å². The molecule has 1 fully saturated rings. The second-order valence-corrected chi connectivity index (χ2v) is 5.59. The quantitative estimate of drug-likeness (QED) is 0.850. The first-order valence-corrected chi connectivity index (χ1v) is 7.84. The fourth-order valence-corrected chi connectivity index (χ4v) is 2.92. The average Bonchev–Trinajstić information content (AvgIpc) is 3.13. The van der Waals surface area contributed by atoms with E-state index in [1.165, 1.54) is 19.5 Å². The maximum absolute atomic E-state index is 4.64. The van der Waals surface area contributed by atoms with Crippen LogP contribution in [0.25, 0.3) is 5.65 Å². The van der Waals surface area contributed by atoms with Crippen molar-refractivity contribution in [2.45, 2.75) is 20.3 Å². The van der Waals surface area contributed by atoms with Crippen molar-refractivity contribution in [2.75, 3.05) is 43.4 Å². The predicted molar refractivity (Wildman–Crippen MR) is 85.9 cm³/mol. The van der Waals surface area contributed by atoms with Gasteiger partial charge in [-0.1, -0.05) is 6.92 Å². The van der Waals surface area contributed by atoms with Gasteiger partial charge in [0, 0.05) is 32.0 Å². The largest absolute Gasteiger partial charge is 0.369 e. The van der Waals surface area contributed by atoms with E-state index in [-0.39, 0.29) is 0 Å². The second-order valence-electron chi connectivity index (χ2n) is 5.59. The van der Waals surface area contributed by atoms with Crippen LogP contribution >= 0.6 is 0 Å². The molecule has 1 atom stereocenters. The molecule has 1 aliphatic rings. The highest BCUT2D eigenvalue weighted by Crippen LogP contribution is 2.19. The second kappa shape index (κ2) is 6.30. The summed E-state index contributed by atoms with van der Waals surface area (Å²) in [6.45, 7) is 9.67. The fraction of sp³-hybridized carbons (Fsp3) is 0.600. The van der Waals surface area contributed by atoms with Gasteiger partial charge in [0.05, 0.1) is 6.20 Å². The minimum absolute atomic E-state index is 0.699. The minimum Gasteiger partial charge on any atom is -0.369 e. The Bertz CT molecular complexity index is 593. The molecule has 3 heterocycles. The third kappa shape index (κ3) is 3.10. The molecule has 0 amide bonds. The summed E-state index contributed by atoms with van der Waals surface area (Å²) in [4.78, 5) is 11.5. The Morgan fingerprint density at radius 2 is 2.24 bits per heavy atom. The SMILES string of the molecule is CCNc1cn2ccnc2c(NCC2CCN(CC)C2)n1. The Kier molecular flexibility index (Phi) is 4.24. The molecule has 2 N–H and O–H groups in total. The molecule has 0 bridgehead atoms. The van der Waals surface area contributed by atoms with E-state index in [2.05, 4.69) is 39.3 Å². The van der Waals surface area contributed by atoms with Crippen LogP contribution in [0.15, 0.2) is 18.6 Å². The van der Waals surface area contributed by atoms with Gasteiger partial charge >= 0.3 is 0 Å². The van der Waals surface area contributed by atoms with Crippen molar-refractivity contribution >= 4 is 17.3 Å². The van der Waals surface area contributed by atoms with Gasteiger partial charge < -0.3 is 19.9 Å². The molecule has 2 aromatic rings. The Hall–Kier alpha value is -1.82. The Morgan fingerprint density at radius 1 is 1.33 bits per heavy atom. The zero-order valence-electron chi connectivity index (χ0n) is 12.8. The third-order valence-electron chi connectivity index (χ3n) is 4.11. The van der Waals surface area contributed by atoms with Crippen LogP contribution in [0.5, 0.6) is 0 Å². The molecule has 6 nitrogen and oxygen atoms in total. The van der Waals surface area contributed by atoms with Gasteiger partial charge in [0.2, 0.25) is 0 Å². The molecule has 0 aromatic carbocycles. The molecule has 0 saturated carbocycles. The molecule has 1 saturated heterocycles. The van der Waals surface area contributed by atoms with Gasteiger partial charge in [-0.3, -0.25) is 0 Å². The van der Waals surface area contributed by atoms with Crippen molar-refractivity contribution in [1.29, 1.82) is 0 Å². The lowest BCUT2D eigenvalue weighted by atomic mass is 10.1. The molecule has 114 valence electrons. The summed E-state index contributed by atoms with van der Waals surface area (Å²) < 4.78 is 2.01. The van der Waals surface area contributed by atoms with E-state index in [9.17, 15) is 0 Å². The van der Waals surface area contributed by atoms with Gasteiger partial charge in [0.25, 0.3) is 0 Å². The van der Waals surface area contributed by atoms with Crippen molar-refractivity contribution in [3.05, 3.63) is 18.6 Å². The molecule has 3 rings (SSSR count). The van der Waals surface area contributed by atoms with E-state index in [1.807, 2.05) is 23.0 Å². The number of nitrogens with zero attached hydrogens (tertiary/aromatic N) is 4. The van der Waals surface area contributed by atoms with Gasteiger partial charge in [-0.25, -0.2) is 9.97 Å². The number of aromatic nitrogens is 3. The normalized spacial score (nSPS) is 19.2. The molecular weight excluding hydrogens is 264 g/mol. The van der Waals surface area contributed by atoms with Crippen molar-refractivity contribution in [3.63, 3.8) is 0 Å². The van der Waals surface area contributed by atoms with Gasteiger partial charge in [0.1, 0.15) is 5.82 Å². The number of hydrogen-bond donors (Lipinski definition) is 2. The summed E-state index contributed by atoms with van der Waals surface area (Å²) >= 11 is 0. The van der Waals surface area contributed by atoms with Gasteiger partial charge in [-0.15, -0.1) is 0 Å². The van der Waals surface area contributed by atoms with Crippen LogP contribution in [0.4, 0.5) is 11.6 Å². The number of hydrogen-bond acceptors (Lipinski definition) is 5. The molecule has 1 unspecified atom stereocenters. The maximum atomic E-state index is 4.64. The average molecular weight is 288 g/mol. The van der Waals surface area contributed by atoms with Crippen LogP contribution in [0, 0.1) is 5.92 Å². The highest BCUT2D eigenvalue weighted by molar-refractivity contribution is 5.65. The number of imidazole rings is 1. The number of anilines is 2. The van der Waals surface area contributed by atoms with Gasteiger partial charge in [-0.05, 0) is 32.4 Å². The van der Waals surface area contributed by atoms with Crippen molar-refractivity contribution in [3.8, 4) is 0 Å². The fourth-order valence-electron chi connectivity index (χ4n) is 2.92. The van der Waals surface area contributed by atoms with Crippen molar-refractivity contribution < 1.29 is 0 Å². The first-order chi connectivity index (χ1) is 10.3. The highest BCUT2D eigenvalue weighted by atomic mass is 15.2. The van der Waals surface area contributed by atoms with E-state index in [4.69, 9.17) is 0 Å². The molecule has 0 radical (unpaired) electrons. The monoisotopic (exact) mass is 288 g/mol. The topological polar surface area (TPSA) is 57.5 Å². The zero-order valence-corrected chi connectivity index (χ0v) is 12.8. The number of likely N-dealkylation sites (tertiary alicyclic amines) is 1. The molecular formula is C15H24N6. The summed E-state index contributed by atoms with van der Waals surface area (Å²) in [5.41, 5.74) is 0.891. The number of fused-ring (bicyclic) bond motifs is 1. The lowest BCUT2D eigenvalue weighted by Crippen LogP contribution is -2.23. The standard InChI is InChI=1S/C15H24N6/c1-3-16-13-11-21-8-6-17-15(21)14(19-13)18-9-12-5-7-20(4-2)10-12/h6,8,11-12,16H,3-5,7,9-10H2,1-2H3,(H,18,19). The molecule has 1 aliphatic heterocycles. The summed E-state index contributed by atoms with van der Waals surface area (Å²) in [6.07, 6.45) is 7.01. The summed E-state index contributed by atoms with van der Waals surface area (Å²) in [5, 5.41) is 6.76. The first kappa shape index (κ1) is 14.1. The molecule has 21 heavy (non-hydrogen) atoms. The molecule has 2 aromatic heterocycles. The van der Waals surface area contributed by atoms with E-state index in [0.29, 0.717) is 5.92 Å². The summed E-state index contributed by atoms with van der Waals surface area (Å²) in [6, 6.07) is 0. The minimum atomic E-state index is 0.699. The Labute approximate surface area is 125 Å². The van der Waals surface area contributed by atoms with E-state index >= 15 is 0 Å². The predicted octanol–water partition coefficient (Wildman–Crippen LogP) is 1.91. The molecule has 0 spiro atoms. The Morgan fingerprint density at radius 3 is 3.00 bits per heavy atom. The Balaban J connectivity index is 1.72. The number of rotatable bonds is 6. The van der Waals surface area contributed by atoms with Crippen LogP contribution in [0.1, 0.15) is 20.3 Å². The third-order valence-corrected chi connectivity index (χ3v) is 4.11. The molecule has 0 aliphatic carbocycles. The highest BCUT2D eigenvalue weighted by Gasteiger charge is 2.21. The zero-order chi connectivity index (χ0) is 14.7. The summed E-state index contributed by atoms with van der Waals surface area (Å²) in [7, 11) is 0. The van der Waals surface area contributed by atoms with E-state index < -0.39 is 0 Å². The van der Waals surface area contributed by atoms with Crippen molar-refractivity contribution in [1.82, 2.24) is 19.3 Å². The first-order valence-electron chi connectivity index (χ1n) is 7.84. The van der Waals surface area contributed by atoms with Crippen LogP contribution in [0.3, 0.4) is 0 Å². The van der Waals surface area contributed by atoms with E-state index in [1.54, 1.807) is 0 Å². The maximum Gasteiger partial charge on any atom is 0.180 e. The lowest BCUT2D eigenvalue weighted by Gasteiger charge is -2.15. The molecule has 6 heteroatoms. The smallest absolute Gasteiger partial charge is 0.180 e. The van der Waals surface area contributed by atoms with Gasteiger partial charge in [-0.2, -0.15) is 0 Å². The van der Waals surface area contributed by atoms with Crippen molar-refractivity contribution in [2.24, 2.45) is 5.92 Å². The lowest BCUT2D eigenvalue weighted by molar-refractivity contribution is 0.345. The summed E-state index contributed by atoms with van der Waals surface area (Å²) in [5.74, 6) is 2.45. The van der Waals surface area contributed by atoms with Gasteiger partial charge in [0.15, 0.2) is 11.5 Å². The number of nitrogens with one attached hydrogen (secondary N) is 2. The van der Waals surface area contributed by atoms with E-state index in [0.717, 1.165) is 36.9 Å².